The summed E-state index contributed by atoms with van der Waals surface area (Å²) in [6, 6.07) is 10.6. The Bertz CT molecular complexity index is 593. The van der Waals surface area contributed by atoms with Gasteiger partial charge >= 0.3 is 6.18 Å². The van der Waals surface area contributed by atoms with Gasteiger partial charge in [-0.25, -0.2) is 0 Å². The third-order valence-corrected chi connectivity index (χ3v) is 3.14. The molecule has 0 unspecified atom stereocenters. The third kappa shape index (κ3) is 3.29. The van der Waals surface area contributed by atoms with Crippen LogP contribution in [0.3, 0.4) is 0 Å². The molecule has 0 atom stereocenters. The second-order valence-corrected chi connectivity index (χ2v) is 4.70. The van der Waals surface area contributed by atoms with Crippen molar-refractivity contribution in [3.05, 3.63) is 65.0 Å². The van der Waals surface area contributed by atoms with Gasteiger partial charge in [0, 0.05) is 4.47 Å². The van der Waals surface area contributed by atoms with Gasteiger partial charge in [0.25, 0.3) is 0 Å². The Morgan fingerprint density at radius 3 is 2.37 bits per heavy atom. The molecule has 0 aliphatic heterocycles. The Kier molecular flexibility index (Phi) is 3.85. The highest BCUT2D eigenvalue weighted by Crippen LogP contribution is 2.38. The summed E-state index contributed by atoms with van der Waals surface area (Å²) < 4.78 is 43.6. The van der Waals surface area contributed by atoms with Crippen molar-refractivity contribution in [2.75, 3.05) is 0 Å². The summed E-state index contributed by atoms with van der Waals surface area (Å²) in [7, 11) is 0. The van der Waals surface area contributed by atoms with E-state index in [9.17, 15) is 13.2 Å². The van der Waals surface area contributed by atoms with Gasteiger partial charge < -0.3 is 4.74 Å². The smallest absolute Gasteiger partial charge is 0.417 e. The highest BCUT2D eigenvalue weighted by atomic mass is 79.9. The van der Waals surface area contributed by atoms with Gasteiger partial charge in [-0.2, -0.15) is 13.2 Å². The van der Waals surface area contributed by atoms with Crippen LogP contribution in [0.4, 0.5) is 13.2 Å². The van der Waals surface area contributed by atoms with E-state index in [1.165, 1.54) is 12.1 Å². The predicted molar refractivity (Wildman–Crippen MR) is 70.1 cm³/mol. The zero-order valence-electron chi connectivity index (χ0n) is 9.67. The average molecular weight is 330 g/mol. The van der Waals surface area contributed by atoms with Crippen LogP contribution < -0.4 is 4.74 Å². The van der Waals surface area contributed by atoms with Crippen LogP contribution >= 0.6 is 15.9 Å². The van der Waals surface area contributed by atoms with Crippen LogP contribution in [0, 0.1) is 6.92 Å². The van der Waals surface area contributed by atoms with E-state index in [4.69, 9.17) is 4.74 Å². The zero-order chi connectivity index (χ0) is 14.0. The van der Waals surface area contributed by atoms with E-state index in [1.54, 1.807) is 24.3 Å². The Morgan fingerprint density at radius 2 is 1.74 bits per heavy atom. The van der Waals surface area contributed by atoms with Crippen LogP contribution in [0.1, 0.15) is 11.1 Å². The molecular formula is C14H9BrF3O. The lowest BCUT2D eigenvalue weighted by Gasteiger charge is -2.13. The number of hydrogen-bond donors (Lipinski definition) is 0. The summed E-state index contributed by atoms with van der Waals surface area (Å²) in [6.07, 6.45) is -4.43. The lowest BCUT2D eigenvalue weighted by Crippen LogP contribution is -2.06. The average Bonchev–Trinajstić information content (AvgIpc) is 2.33. The molecule has 0 aromatic heterocycles. The maximum Gasteiger partial charge on any atom is 0.417 e. The van der Waals surface area contributed by atoms with E-state index in [0.717, 1.165) is 6.07 Å². The number of para-hydroxylation sites is 1. The fraction of sp³-hybridized carbons (Fsp3) is 0.0714. The molecule has 0 saturated carbocycles. The summed E-state index contributed by atoms with van der Waals surface area (Å²) >= 11 is 2.88. The molecule has 0 bridgehead atoms. The molecule has 0 amide bonds. The monoisotopic (exact) mass is 329 g/mol. The fourth-order valence-electron chi connectivity index (χ4n) is 1.52. The number of halogens is 4. The van der Waals surface area contributed by atoms with E-state index < -0.39 is 11.7 Å². The van der Waals surface area contributed by atoms with Crippen LogP contribution in [0.2, 0.25) is 0 Å². The minimum Gasteiger partial charge on any atom is -0.457 e. The molecule has 2 rings (SSSR count). The lowest BCUT2D eigenvalue weighted by atomic mass is 10.2. The minimum absolute atomic E-state index is 0.0183. The van der Waals surface area contributed by atoms with Crippen LogP contribution in [-0.2, 0) is 6.18 Å². The number of hydrogen-bond acceptors (Lipinski definition) is 1. The standard InChI is InChI=1S/C14H9BrF3O/c1-9-4-2-3-5-13(9)19-10-6-7-12(15)11(8-10)14(16,17)18/h2-8H,1H2. The van der Waals surface area contributed by atoms with Crippen molar-refractivity contribution in [2.45, 2.75) is 6.18 Å². The van der Waals surface area contributed by atoms with Crippen molar-refractivity contribution in [1.29, 1.82) is 0 Å². The molecule has 99 valence electrons. The predicted octanol–water partition coefficient (Wildman–Crippen LogP) is 5.44. The van der Waals surface area contributed by atoms with Gasteiger partial charge in [0.1, 0.15) is 11.5 Å². The number of rotatable bonds is 2. The van der Waals surface area contributed by atoms with E-state index in [0.29, 0.717) is 11.3 Å². The van der Waals surface area contributed by atoms with E-state index in [-0.39, 0.29) is 10.2 Å². The maximum absolute atomic E-state index is 12.7. The Labute approximate surface area is 117 Å². The molecule has 5 heteroatoms. The van der Waals surface area contributed by atoms with Crippen LogP contribution in [0.25, 0.3) is 0 Å². The molecule has 0 spiro atoms. The van der Waals surface area contributed by atoms with Gasteiger partial charge in [-0.15, -0.1) is 0 Å². The molecular weight excluding hydrogens is 321 g/mol. The molecule has 1 nitrogen and oxygen atoms in total. The SMILES string of the molecule is [CH2]c1ccccc1Oc1ccc(Br)c(C(F)(F)F)c1. The van der Waals surface area contributed by atoms with E-state index in [2.05, 4.69) is 22.9 Å². The Morgan fingerprint density at radius 1 is 1.05 bits per heavy atom. The summed E-state index contributed by atoms with van der Waals surface area (Å²) in [4.78, 5) is 0. The van der Waals surface area contributed by atoms with Crippen molar-refractivity contribution in [3.8, 4) is 11.5 Å². The first-order valence-electron chi connectivity index (χ1n) is 5.33. The normalized spacial score (nSPS) is 11.4. The van der Waals surface area contributed by atoms with Gasteiger partial charge in [-0.05, 0) is 36.8 Å². The van der Waals surface area contributed by atoms with Gasteiger partial charge in [-0.1, -0.05) is 34.1 Å². The summed E-state index contributed by atoms with van der Waals surface area (Å²) in [5, 5.41) is 0. The van der Waals surface area contributed by atoms with Crippen LogP contribution in [0.15, 0.2) is 46.9 Å². The molecule has 2 aromatic rings. The fourth-order valence-corrected chi connectivity index (χ4v) is 1.99. The highest BCUT2D eigenvalue weighted by Gasteiger charge is 2.33. The molecule has 0 aliphatic carbocycles. The summed E-state index contributed by atoms with van der Waals surface area (Å²) in [5.41, 5.74) is -0.162. The van der Waals surface area contributed by atoms with E-state index in [1.807, 2.05) is 0 Å². The van der Waals surface area contributed by atoms with Crippen molar-refractivity contribution < 1.29 is 17.9 Å². The first-order valence-corrected chi connectivity index (χ1v) is 6.13. The van der Waals surface area contributed by atoms with E-state index >= 15 is 0 Å². The van der Waals surface area contributed by atoms with Gasteiger partial charge in [-0.3, -0.25) is 0 Å². The second kappa shape index (κ2) is 5.25. The van der Waals surface area contributed by atoms with Crippen molar-refractivity contribution in [3.63, 3.8) is 0 Å². The first-order chi connectivity index (χ1) is 8.88. The molecule has 0 aliphatic rings. The molecule has 0 heterocycles. The molecule has 0 N–H and O–H groups in total. The zero-order valence-corrected chi connectivity index (χ0v) is 11.3. The van der Waals surface area contributed by atoms with Gasteiger partial charge in [0.05, 0.1) is 5.56 Å². The van der Waals surface area contributed by atoms with Gasteiger partial charge in [0.2, 0.25) is 0 Å². The van der Waals surface area contributed by atoms with Crippen molar-refractivity contribution in [2.24, 2.45) is 0 Å². The minimum atomic E-state index is -4.43. The summed E-state index contributed by atoms with van der Waals surface area (Å²) in [6.45, 7) is 3.75. The van der Waals surface area contributed by atoms with Gasteiger partial charge in [0.15, 0.2) is 0 Å². The number of alkyl halides is 3. The van der Waals surface area contributed by atoms with Crippen molar-refractivity contribution in [1.82, 2.24) is 0 Å². The number of benzene rings is 2. The molecule has 0 saturated heterocycles. The molecule has 19 heavy (non-hydrogen) atoms. The largest absolute Gasteiger partial charge is 0.457 e. The lowest BCUT2D eigenvalue weighted by molar-refractivity contribution is -0.138. The molecule has 0 fully saturated rings. The second-order valence-electron chi connectivity index (χ2n) is 3.85. The Hall–Kier alpha value is -1.49. The Balaban J connectivity index is 2.35. The molecule has 1 radical (unpaired) electrons. The van der Waals surface area contributed by atoms with Crippen molar-refractivity contribution >= 4 is 15.9 Å². The summed E-state index contributed by atoms with van der Waals surface area (Å²) in [5.74, 6) is 0.546. The molecule has 2 aromatic carbocycles. The highest BCUT2D eigenvalue weighted by molar-refractivity contribution is 9.10. The third-order valence-electron chi connectivity index (χ3n) is 2.44. The quantitative estimate of drug-likeness (QED) is 0.712. The van der Waals surface area contributed by atoms with Crippen LogP contribution in [-0.4, -0.2) is 0 Å². The maximum atomic E-state index is 12.7. The van der Waals surface area contributed by atoms with Crippen LogP contribution in [0.5, 0.6) is 11.5 Å². The first kappa shape index (κ1) is 13.9. The topological polar surface area (TPSA) is 9.23 Å². The number of ether oxygens (including phenoxy) is 1.